The lowest BCUT2D eigenvalue weighted by Crippen LogP contribution is -2.41. The van der Waals surface area contributed by atoms with E-state index in [0.717, 1.165) is 18.8 Å². The molecule has 1 heterocycles. The van der Waals surface area contributed by atoms with Gasteiger partial charge in [0.25, 0.3) is 0 Å². The molecule has 1 aromatic heterocycles. The van der Waals surface area contributed by atoms with Gasteiger partial charge in [0, 0.05) is 18.6 Å². The maximum Gasteiger partial charge on any atom is 0.117 e. The number of hydrogen-bond acceptors (Lipinski definition) is 3. The molecule has 0 saturated carbocycles. The van der Waals surface area contributed by atoms with Crippen molar-refractivity contribution in [3.63, 3.8) is 0 Å². The summed E-state index contributed by atoms with van der Waals surface area (Å²) < 4.78 is 5.40. The topological polar surface area (TPSA) is 28.4 Å². The second-order valence-corrected chi connectivity index (χ2v) is 5.00. The number of rotatable bonds is 8. The molecule has 17 heavy (non-hydrogen) atoms. The fourth-order valence-corrected chi connectivity index (χ4v) is 1.96. The molecule has 1 aromatic rings. The van der Waals surface area contributed by atoms with E-state index >= 15 is 0 Å². The molecule has 0 aliphatic heterocycles. The summed E-state index contributed by atoms with van der Waals surface area (Å²) in [4.78, 5) is 2.37. The third-order valence-electron chi connectivity index (χ3n) is 2.99. The van der Waals surface area contributed by atoms with Crippen LogP contribution in [0.15, 0.2) is 22.8 Å². The highest BCUT2D eigenvalue weighted by molar-refractivity contribution is 4.98. The van der Waals surface area contributed by atoms with Gasteiger partial charge in [-0.15, -0.1) is 0 Å². The Morgan fingerprint density at radius 1 is 1.41 bits per heavy atom. The Bertz CT molecular complexity index is 282. The molecule has 1 atom stereocenters. The minimum absolute atomic E-state index is 0.548. The van der Waals surface area contributed by atoms with Crippen molar-refractivity contribution in [1.29, 1.82) is 0 Å². The van der Waals surface area contributed by atoms with Crippen LogP contribution < -0.4 is 5.32 Å². The Morgan fingerprint density at radius 2 is 2.18 bits per heavy atom. The second-order valence-electron chi connectivity index (χ2n) is 5.00. The Kier molecular flexibility index (Phi) is 6.30. The van der Waals surface area contributed by atoms with Crippen molar-refractivity contribution in [3.05, 3.63) is 24.2 Å². The minimum atomic E-state index is 0.548. The number of nitrogens with one attached hydrogen (secondary N) is 1. The lowest BCUT2D eigenvalue weighted by atomic mass is 10.1. The first-order valence-corrected chi connectivity index (χ1v) is 6.59. The highest BCUT2D eigenvalue weighted by atomic mass is 16.3. The van der Waals surface area contributed by atoms with Crippen molar-refractivity contribution in [1.82, 2.24) is 10.2 Å². The Balaban J connectivity index is 2.44. The van der Waals surface area contributed by atoms with Gasteiger partial charge in [-0.2, -0.15) is 0 Å². The van der Waals surface area contributed by atoms with E-state index < -0.39 is 0 Å². The average molecular weight is 238 g/mol. The van der Waals surface area contributed by atoms with Gasteiger partial charge in [-0.25, -0.2) is 0 Å². The lowest BCUT2D eigenvalue weighted by molar-refractivity contribution is 0.197. The summed E-state index contributed by atoms with van der Waals surface area (Å²) >= 11 is 0. The first-order chi connectivity index (χ1) is 8.13. The summed E-state index contributed by atoms with van der Waals surface area (Å²) in [5, 5.41) is 3.52. The van der Waals surface area contributed by atoms with Crippen molar-refractivity contribution in [3.8, 4) is 0 Å². The molecule has 0 aliphatic rings. The maximum atomic E-state index is 5.40. The van der Waals surface area contributed by atoms with E-state index in [1.807, 2.05) is 12.1 Å². The van der Waals surface area contributed by atoms with Gasteiger partial charge in [-0.1, -0.05) is 27.2 Å². The van der Waals surface area contributed by atoms with E-state index in [1.54, 1.807) is 6.26 Å². The molecular weight excluding hydrogens is 212 g/mol. The summed E-state index contributed by atoms with van der Waals surface area (Å²) in [7, 11) is 2.17. The normalized spacial score (nSPS) is 13.5. The van der Waals surface area contributed by atoms with E-state index in [4.69, 9.17) is 4.42 Å². The SMILES string of the molecule is CCCC(CNC(C)C)N(C)Cc1ccco1. The Morgan fingerprint density at radius 3 is 2.71 bits per heavy atom. The largest absolute Gasteiger partial charge is 0.468 e. The van der Waals surface area contributed by atoms with Crippen LogP contribution in [0, 0.1) is 0 Å². The number of likely N-dealkylation sites (N-methyl/N-ethyl adjacent to an activating group) is 1. The van der Waals surface area contributed by atoms with Crippen LogP contribution in [-0.2, 0) is 6.54 Å². The van der Waals surface area contributed by atoms with Crippen LogP contribution >= 0.6 is 0 Å². The van der Waals surface area contributed by atoms with Crippen LogP contribution in [0.2, 0.25) is 0 Å². The molecule has 1 N–H and O–H groups in total. The summed E-state index contributed by atoms with van der Waals surface area (Å²) in [5.74, 6) is 1.04. The molecular formula is C14H26N2O. The van der Waals surface area contributed by atoms with Crippen LogP contribution in [0.4, 0.5) is 0 Å². The van der Waals surface area contributed by atoms with Gasteiger partial charge in [0.2, 0.25) is 0 Å². The van der Waals surface area contributed by atoms with E-state index in [1.165, 1.54) is 12.8 Å². The Hall–Kier alpha value is -0.800. The maximum absolute atomic E-state index is 5.40. The molecule has 3 heteroatoms. The van der Waals surface area contributed by atoms with Gasteiger partial charge in [-0.05, 0) is 25.6 Å². The van der Waals surface area contributed by atoms with Crippen molar-refractivity contribution in [2.75, 3.05) is 13.6 Å². The van der Waals surface area contributed by atoms with Crippen LogP contribution in [0.25, 0.3) is 0 Å². The minimum Gasteiger partial charge on any atom is -0.468 e. The van der Waals surface area contributed by atoms with Crippen molar-refractivity contribution in [2.24, 2.45) is 0 Å². The molecule has 0 fully saturated rings. The van der Waals surface area contributed by atoms with Crippen LogP contribution in [-0.4, -0.2) is 30.6 Å². The molecule has 1 rings (SSSR count). The fraction of sp³-hybridized carbons (Fsp3) is 0.714. The predicted molar refractivity (Wildman–Crippen MR) is 72.0 cm³/mol. The van der Waals surface area contributed by atoms with Gasteiger partial charge in [0.15, 0.2) is 0 Å². The predicted octanol–water partition coefficient (Wildman–Crippen LogP) is 2.88. The molecule has 0 saturated heterocycles. The first kappa shape index (κ1) is 14.3. The van der Waals surface area contributed by atoms with E-state index in [-0.39, 0.29) is 0 Å². The molecule has 0 spiro atoms. The number of furan rings is 1. The third-order valence-corrected chi connectivity index (χ3v) is 2.99. The zero-order valence-electron chi connectivity index (χ0n) is 11.6. The summed E-state index contributed by atoms with van der Waals surface area (Å²) in [6.07, 6.45) is 4.17. The van der Waals surface area contributed by atoms with Crippen molar-refractivity contribution < 1.29 is 4.42 Å². The van der Waals surface area contributed by atoms with Gasteiger partial charge in [0.1, 0.15) is 5.76 Å². The van der Waals surface area contributed by atoms with Gasteiger partial charge in [0.05, 0.1) is 12.8 Å². The fourth-order valence-electron chi connectivity index (χ4n) is 1.96. The summed E-state index contributed by atoms with van der Waals surface area (Å²) in [5.41, 5.74) is 0. The zero-order valence-corrected chi connectivity index (χ0v) is 11.6. The van der Waals surface area contributed by atoms with Crippen molar-refractivity contribution >= 4 is 0 Å². The molecule has 98 valence electrons. The first-order valence-electron chi connectivity index (χ1n) is 6.59. The molecule has 0 amide bonds. The highest BCUT2D eigenvalue weighted by Gasteiger charge is 2.15. The lowest BCUT2D eigenvalue weighted by Gasteiger charge is -2.28. The monoisotopic (exact) mass is 238 g/mol. The Labute approximate surface area is 105 Å². The van der Waals surface area contributed by atoms with Crippen LogP contribution in [0.3, 0.4) is 0 Å². The van der Waals surface area contributed by atoms with E-state index in [2.05, 4.69) is 38.0 Å². The molecule has 0 aliphatic carbocycles. The summed E-state index contributed by atoms with van der Waals surface area (Å²) in [6, 6.07) is 5.11. The molecule has 0 radical (unpaired) electrons. The highest BCUT2D eigenvalue weighted by Crippen LogP contribution is 2.10. The standard InChI is InChI=1S/C14H26N2O/c1-5-7-13(10-15-12(2)3)16(4)11-14-8-6-9-17-14/h6,8-9,12-13,15H,5,7,10-11H2,1-4H3. The smallest absolute Gasteiger partial charge is 0.117 e. The van der Waals surface area contributed by atoms with Gasteiger partial charge in [-0.3, -0.25) is 4.90 Å². The second kappa shape index (κ2) is 7.51. The number of hydrogen-bond donors (Lipinski definition) is 1. The third kappa shape index (κ3) is 5.37. The quantitative estimate of drug-likeness (QED) is 0.755. The van der Waals surface area contributed by atoms with Gasteiger partial charge >= 0.3 is 0 Å². The molecule has 3 nitrogen and oxygen atoms in total. The van der Waals surface area contributed by atoms with Crippen LogP contribution in [0.1, 0.15) is 39.4 Å². The molecule has 1 unspecified atom stereocenters. The zero-order chi connectivity index (χ0) is 12.7. The molecule has 0 bridgehead atoms. The summed E-state index contributed by atoms with van der Waals surface area (Å²) in [6.45, 7) is 8.55. The average Bonchev–Trinajstić information content (AvgIpc) is 2.76. The number of nitrogens with zero attached hydrogens (tertiary/aromatic N) is 1. The molecule has 0 aromatic carbocycles. The van der Waals surface area contributed by atoms with Gasteiger partial charge < -0.3 is 9.73 Å². The van der Waals surface area contributed by atoms with Crippen molar-refractivity contribution in [2.45, 2.75) is 52.2 Å². The van der Waals surface area contributed by atoms with E-state index in [0.29, 0.717) is 12.1 Å². The van der Waals surface area contributed by atoms with Crippen LogP contribution in [0.5, 0.6) is 0 Å². The van der Waals surface area contributed by atoms with E-state index in [9.17, 15) is 0 Å².